The second kappa shape index (κ2) is 42.0. The van der Waals surface area contributed by atoms with Crippen molar-refractivity contribution in [2.24, 2.45) is 0 Å². The molecule has 2 N–H and O–H groups in total. The number of nitrogens with zero attached hydrogens (tertiary/aromatic N) is 4. The largest absolute Gasteiger partial charge is 0.508 e. The highest BCUT2D eigenvalue weighted by atomic mass is 36.0. The zero-order valence-electron chi connectivity index (χ0n) is 71.4. The molecule has 0 amide bonds. The number of allylic oxidation sites excluding steroid dienone is 1. The first-order valence-corrected chi connectivity index (χ1v) is 43.5. The number of carbonyl (C=O) groups excluding carboxylic acids is 8. The van der Waals surface area contributed by atoms with Crippen molar-refractivity contribution in [2.45, 2.75) is 55.4 Å². The molecule has 19 rings (SSSR count). The van der Waals surface area contributed by atoms with Gasteiger partial charge in [-0.25, -0.2) is 40.1 Å². The molecule has 5 aliphatic carbocycles. The Hall–Kier alpha value is -16.2. The van der Waals surface area contributed by atoms with Gasteiger partial charge >= 0.3 is 23.9 Å². The van der Waals surface area contributed by atoms with Gasteiger partial charge in [0.1, 0.15) is 29.1 Å². The standard InChI is InChI=1S/C25H16N2O2.2C22H16O3.C14H7ClO2.C14H8O3.C8H10O.C3H2N2.Cl2OS/c1-15-11-12-22(16(2)13-15)29-25(28)20-10-6-9-19-23(20)17-7-4-5-8-18(17)24(19)21(14-26)27-3;2*1-13-10-11-19(14(2)12-13)25-22(24)18-9-5-8-17-20(18)15-6-3-4-7-16(15)21(17)23;15-14(17)11-7-3-6-10-12(11)8-4-1-2-5-9(8)13(10)16;15-13-9-5-2-1-4-8(9)12-10(13)6-3-7-11(12)14(16)17;1-6-3-4-8(9)7(2)5-6;1-5-3-2-4;1-4(2)3/h4-13H,1-2H3;2*3-12H,1-2H3;1-7H;1-7H,(H,16,17);3-5,9H,1-2H3;3H2;/b24-21+;;;;;;;. The number of carbonyl (C=O) groups is 9. The third-order valence-corrected chi connectivity index (χ3v) is 21.7. The number of carboxylic acids is 1. The van der Waals surface area contributed by atoms with Crippen molar-refractivity contribution in [1.29, 1.82) is 10.5 Å². The molecule has 0 unspecified atom stereocenters. The number of phenols is 1. The number of ether oxygens (including phenoxy) is 3. The van der Waals surface area contributed by atoms with Crippen LogP contribution in [-0.4, -0.2) is 73.2 Å². The number of phenolic OH excluding ortho intramolecular Hbond substituents is 1. The summed E-state index contributed by atoms with van der Waals surface area (Å²) in [5.41, 5.74) is 23.7. The summed E-state index contributed by atoms with van der Waals surface area (Å²) >= 11 is 5.55. The molecule has 14 aromatic carbocycles. The Morgan fingerprint density at radius 1 is 0.359 bits per heavy atom. The monoisotopic (exact) mass is 1800 g/mol. The van der Waals surface area contributed by atoms with E-state index in [1.165, 1.54) is 11.6 Å². The first-order chi connectivity index (χ1) is 62.9. The van der Waals surface area contributed by atoms with Crippen LogP contribution in [0.25, 0.3) is 70.9 Å². The third-order valence-electron chi connectivity index (χ3n) is 21.5. The zero-order chi connectivity index (χ0) is 94.2. The van der Waals surface area contributed by atoms with Crippen molar-refractivity contribution in [3.05, 3.63) is 442 Å². The van der Waals surface area contributed by atoms with E-state index in [0.717, 1.165) is 66.8 Å². The number of nitriles is 2. The normalized spacial score (nSPS) is 11.6. The maximum atomic E-state index is 13.1. The minimum atomic E-state index is -1.67. The molecule has 5 aliphatic rings. The Morgan fingerprint density at radius 2 is 0.618 bits per heavy atom. The van der Waals surface area contributed by atoms with Gasteiger partial charge in [0.25, 0.3) is 17.5 Å². The molecule has 0 aromatic heterocycles. The molecule has 0 spiro atoms. The molecule has 0 fully saturated rings. The molecule has 0 atom stereocenters. The summed E-state index contributed by atoms with van der Waals surface area (Å²) in [6, 6.07) is 88.3. The van der Waals surface area contributed by atoms with Gasteiger partial charge in [-0.3, -0.25) is 24.0 Å². The van der Waals surface area contributed by atoms with Crippen LogP contribution in [-0.2, 0) is 9.23 Å². The first kappa shape index (κ1) is 94.0. The Labute approximate surface area is 771 Å². The molecule has 0 bridgehead atoms. The van der Waals surface area contributed by atoms with Crippen LogP contribution >= 0.6 is 33.0 Å². The Kier molecular flexibility index (Phi) is 30.1. The van der Waals surface area contributed by atoms with Crippen LogP contribution in [0, 0.1) is 91.2 Å². The summed E-state index contributed by atoms with van der Waals surface area (Å²) in [7, 11) is 7.36. The summed E-state index contributed by atoms with van der Waals surface area (Å²) in [6.07, 6.45) is 0. The number of fused-ring (bicyclic) bond motifs is 15. The summed E-state index contributed by atoms with van der Waals surface area (Å²) in [5, 5.41) is 34.7. The average Bonchev–Trinajstić information content (AvgIpc) is 1.58. The zero-order valence-corrected chi connectivity index (χ0v) is 74.5. The number of rotatable bonds is 8. The molecule has 14 aromatic rings. The highest BCUT2D eigenvalue weighted by Gasteiger charge is 2.36. The maximum Gasteiger partial charge on any atom is 0.344 e. The lowest BCUT2D eigenvalue weighted by atomic mass is 9.98. The number of halogens is 3. The van der Waals surface area contributed by atoms with Crippen LogP contribution in [0.3, 0.4) is 0 Å². The van der Waals surface area contributed by atoms with Crippen LogP contribution in [0.2, 0.25) is 0 Å². The lowest BCUT2D eigenvalue weighted by Gasteiger charge is -2.11. The van der Waals surface area contributed by atoms with E-state index in [2.05, 4.69) is 31.1 Å². The van der Waals surface area contributed by atoms with E-state index in [1.54, 1.807) is 152 Å². The van der Waals surface area contributed by atoms with E-state index < -0.39 is 38.3 Å². The number of aromatic carboxylic acids is 1. The number of carboxylic acid groups (broad SMARTS) is 1. The molecule has 0 saturated heterocycles. The highest BCUT2D eigenvalue weighted by molar-refractivity contribution is 8.26. The number of hydrogen-bond donors (Lipinski definition) is 2. The molecule has 23 heteroatoms. The average molecular weight is 1810 g/mol. The van der Waals surface area contributed by atoms with E-state index >= 15 is 0 Å². The molecule has 131 heavy (non-hydrogen) atoms. The molecule has 0 radical (unpaired) electrons. The van der Waals surface area contributed by atoms with Gasteiger partial charge in [-0.15, -0.1) is 0 Å². The molecule has 0 aliphatic heterocycles. The van der Waals surface area contributed by atoms with E-state index in [0.29, 0.717) is 134 Å². The number of hydrogen-bond acceptors (Lipinski definition) is 16. The van der Waals surface area contributed by atoms with Gasteiger partial charge in [0, 0.05) is 105 Å². The predicted molar refractivity (Wildman–Crippen MR) is 506 cm³/mol. The third kappa shape index (κ3) is 20.6. The van der Waals surface area contributed by atoms with Crippen LogP contribution in [0.1, 0.15) is 171 Å². The van der Waals surface area contributed by atoms with Crippen molar-refractivity contribution in [3.63, 3.8) is 0 Å². The smallest absolute Gasteiger partial charge is 0.344 e. The van der Waals surface area contributed by atoms with E-state index in [9.17, 15) is 48.4 Å². The minimum Gasteiger partial charge on any atom is -0.508 e. The topological polar surface area (TPSA) is 295 Å². The fourth-order valence-corrected chi connectivity index (χ4v) is 15.9. The number of benzene rings is 14. The fraction of sp³-hybridized carbons (Fsp3) is 0.0833. The van der Waals surface area contributed by atoms with Crippen molar-refractivity contribution >= 4 is 100 Å². The van der Waals surface area contributed by atoms with Crippen molar-refractivity contribution < 1.29 is 71.8 Å². The fourth-order valence-electron chi connectivity index (χ4n) is 15.7. The second-order valence-electron chi connectivity index (χ2n) is 30.1. The second-order valence-corrected chi connectivity index (χ2v) is 33.0. The molecular formula is C108H75Cl3N4O15S. The van der Waals surface area contributed by atoms with Gasteiger partial charge in [-0.05, 0) is 183 Å². The van der Waals surface area contributed by atoms with E-state index in [1.807, 2.05) is 195 Å². The summed E-state index contributed by atoms with van der Waals surface area (Å²) in [6.45, 7) is 29.0. The van der Waals surface area contributed by atoms with Crippen molar-refractivity contribution in [3.8, 4) is 90.8 Å². The van der Waals surface area contributed by atoms with Crippen LogP contribution in [0.5, 0.6) is 23.0 Å². The Balaban J connectivity index is 0.000000142. The van der Waals surface area contributed by atoms with Crippen LogP contribution < -0.4 is 14.2 Å². The minimum absolute atomic E-state index is 0.0103. The lowest BCUT2D eigenvalue weighted by molar-refractivity contribution is 0.0692. The molecule has 19 nitrogen and oxygen atoms in total. The Bertz CT molecular complexity index is 7010. The van der Waals surface area contributed by atoms with Gasteiger partial charge < -0.3 is 29.3 Å². The number of ketones is 4. The highest BCUT2D eigenvalue weighted by Crippen LogP contribution is 2.49. The van der Waals surface area contributed by atoms with E-state index in [4.69, 9.17) is 58.6 Å². The van der Waals surface area contributed by atoms with E-state index in [-0.39, 0.29) is 40.9 Å². The van der Waals surface area contributed by atoms with Gasteiger partial charge in [0.05, 0.1) is 34.9 Å². The SMILES string of the molecule is Cc1ccc(O)c(C)c1.Cc1ccc(OC(=O)c2cccc3c2-c2ccccc2C3=O)c(C)c1.Cc1ccc(OC(=O)c2cccc3c2-c2ccccc2C3=O)c(C)c1.O=C(Cl)c1cccc2c1-c1ccccc1C2=O.O=C(O)c1cccc2c1-c1ccccc1C2=O.O=S(Cl)Cl.[C-]#[N+]/C(C#N)=C1\c2ccccc2-c2c(C(=O)Oc3ccc(C)cc3C)cccc21.[C-]#[N+]CC#N. The summed E-state index contributed by atoms with van der Waals surface area (Å²) in [5.74, 6) is -0.664. The molecular weight excluding hydrogens is 1730 g/mol. The summed E-state index contributed by atoms with van der Waals surface area (Å²) < 4.78 is 26.0. The molecule has 0 saturated carbocycles. The van der Waals surface area contributed by atoms with Crippen LogP contribution in [0.4, 0.5) is 0 Å². The molecule has 644 valence electrons. The van der Waals surface area contributed by atoms with Gasteiger partial charge in [-0.2, -0.15) is 5.26 Å². The van der Waals surface area contributed by atoms with Gasteiger partial charge in [-0.1, -0.05) is 253 Å². The number of aryl methyl sites for hydroxylation is 8. The first-order valence-electron chi connectivity index (χ1n) is 40.3. The quantitative estimate of drug-likeness (QED) is 0.0357. The van der Waals surface area contributed by atoms with Crippen molar-refractivity contribution in [1.82, 2.24) is 0 Å². The van der Waals surface area contributed by atoms with Crippen molar-refractivity contribution in [2.75, 3.05) is 6.54 Å². The maximum absolute atomic E-state index is 13.1. The van der Waals surface area contributed by atoms with Crippen LogP contribution in [0.15, 0.2) is 291 Å². The lowest BCUT2D eigenvalue weighted by Crippen LogP contribution is -2.11. The van der Waals surface area contributed by atoms with Gasteiger partial charge in [0.15, 0.2) is 23.1 Å². The number of esters is 3. The predicted octanol–water partition coefficient (Wildman–Crippen LogP) is 24.5. The number of aromatic hydroxyl groups is 1. The Morgan fingerprint density at radius 3 is 0.893 bits per heavy atom. The summed E-state index contributed by atoms with van der Waals surface area (Å²) in [4.78, 5) is 117. The van der Waals surface area contributed by atoms with Gasteiger partial charge in [0.2, 0.25) is 9.23 Å². The molecule has 0 heterocycles.